The first-order valence-corrected chi connectivity index (χ1v) is 4.79. The smallest absolute Gasteiger partial charge is 0.213 e. The van der Waals surface area contributed by atoms with Crippen molar-refractivity contribution in [3.63, 3.8) is 0 Å². The molecule has 0 amide bonds. The molecule has 0 bridgehead atoms. The molecule has 16 heavy (non-hydrogen) atoms. The minimum atomic E-state index is -0.573. The first-order chi connectivity index (χ1) is 7.75. The number of pyridine rings is 2. The molecule has 0 fully saturated rings. The summed E-state index contributed by atoms with van der Waals surface area (Å²) < 4.78 is 12.8. The van der Waals surface area contributed by atoms with Crippen molar-refractivity contribution in [2.45, 2.75) is 6.42 Å². The zero-order chi connectivity index (χ0) is 11.4. The van der Waals surface area contributed by atoms with Gasteiger partial charge in [-0.3, -0.25) is 9.78 Å². The molecule has 0 radical (unpaired) electrons. The minimum Gasteiger partial charge on any atom is -0.294 e. The van der Waals surface area contributed by atoms with Crippen LogP contribution in [0.2, 0.25) is 0 Å². The number of carbonyl (C=O) groups is 1. The van der Waals surface area contributed by atoms with Gasteiger partial charge >= 0.3 is 0 Å². The van der Waals surface area contributed by atoms with Crippen LogP contribution in [0.25, 0.3) is 0 Å². The quantitative estimate of drug-likeness (QED) is 0.582. The molecule has 0 aliphatic carbocycles. The third kappa shape index (κ3) is 2.48. The van der Waals surface area contributed by atoms with Crippen LogP contribution in [-0.2, 0) is 6.42 Å². The molecule has 3 nitrogen and oxygen atoms in total. The second-order valence-corrected chi connectivity index (χ2v) is 3.33. The van der Waals surface area contributed by atoms with E-state index in [1.165, 1.54) is 18.5 Å². The highest BCUT2D eigenvalue weighted by Crippen LogP contribution is 2.06. The van der Waals surface area contributed by atoms with Crippen LogP contribution in [0.15, 0.2) is 42.9 Å². The van der Waals surface area contributed by atoms with Gasteiger partial charge in [0.1, 0.15) is 0 Å². The van der Waals surface area contributed by atoms with E-state index in [1.54, 1.807) is 24.4 Å². The number of hydrogen-bond acceptors (Lipinski definition) is 3. The summed E-state index contributed by atoms with van der Waals surface area (Å²) in [6.07, 6.45) is 4.61. The molecular formula is C12H9FN2O. The topological polar surface area (TPSA) is 42.9 Å². The Morgan fingerprint density at radius 2 is 2.19 bits per heavy atom. The van der Waals surface area contributed by atoms with E-state index in [4.69, 9.17) is 0 Å². The van der Waals surface area contributed by atoms with Gasteiger partial charge in [-0.05, 0) is 29.8 Å². The Morgan fingerprint density at radius 1 is 1.31 bits per heavy atom. The lowest BCUT2D eigenvalue weighted by molar-refractivity contribution is 0.0992. The maximum absolute atomic E-state index is 12.8. The maximum atomic E-state index is 12.8. The largest absolute Gasteiger partial charge is 0.294 e. The molecule has 80 valence electrons. The highest BCUT2D eigenvalue weighted by molar-refractivity contribution is 5.97. The van der Waals surface area contributed by atoms with Gasteiger partial charge in [0, 0.05) is 30.6 Å². The second-order valence-electron chi connectivity index (χ2n) is 3.33. The van der Waals surface area contributed by atoms with Crippen molar-refractivity contribution in [1.29, 1.82) is 0 Å². The maximum Gasteiger partial charge on any atom is 0.213 e. The number of ketones is 1. The first kappa shape index (κ1) is 10.4. The summed E-state index contributed by atoms with van der Waals surface area (Å²) in [6.45, 7) is 0. The molecule has 0 aliphatic rings. The summed E-state index contributed by atoms with van der Waals surface area (Å²) in [5.41, 5.74) is 1.14. The molecule has 2 aromatic heterocycles. The monoisotopic (exact) mass is 216 g/mol. The molecule has 0 unspecified atom stereocenters. The molecule has 0 atom stereocenters. The van der Waals surface area contributed by atoms with Gasteiger partial charge < -0.3 is 0 Å². The SMILES string of the molecule is O=C(Cc1ccnc(F)c1)c1cccnc1. The van der Waals surface area contributed by atoms with Crippen molar-refractivity contribution in [3.05, 3.63) is 59.9 Å². The van der Waals surface area contributed by atoms with E-state index >= 15 is 0 Å². The third-order valence-electron chi connectivity index (χ3n) is 2.14. The van der Waals surface area contributed by atoms with Crippen LogP contribution in [0, 0.1) is 5.95 Å². The van der Waals surface area contributed by atoms with Gasteiger partial charge in [0.25, 0.3) is 0 Å². The van der Waals surface area contributed by atoms with E-state index in [0.29, 0.717) is 11.1 Å². The Hall–Kier alpha value is -2.10. The number of aromatic nitrogens is 2. The summed E-state index contributed by atoms with van der Waals surface area (Å²) in [5.74, 6) is -0.657. The predicted octanol–water partition coefficient (Wildman–Crippen LogP) is 2.04. The van der Waals surface area contributed by atoms with Crippen molar-refractivity contribution in [2.24, 2.45) is 0 Å². The van der Waals surface area contributed by atoms with Gasteiger partial charge in [-0.2, -0.15) is 4.39 Å². The van der Waals surface area contributed by atoms with Crippen LogP contribution >= 0.6 is 0 Å². The highest BCUT2D eigenvalue weighted by atomic mass is 19.1. The summed E-state index contributed by atoms with van der Waals surface area (Å²) in [6, 6.07) is 6.26. The van der Waals surface area contributed by atoms with Crippen molar-refractivity contribution >= 4 is 5.78 Å². The molecular weight excluding hydrogens is 207 g/mol. The molecule has 2 rings (SSSR count). The van der Waals surface area contributed by atoms with Gasteiger partial charge in [-0.15, -0.1) is 0 Å². The molecule has 2 heterocycles. The fourth-order valence-corrected chi connectivity index (χ4v) is 1.37. The summed E-state index contributed by atoms with van der Waals surface area (Å²) in [4.78, 5) is 19.0. The fourth-order valence-electron chi connectivity index (χ4n) is 1.37. The van der Waals surface area contributed by atoms with Gasteiger partial charge in [0.15, 0.2) is 5.78 Å². The van der Waals surface area contributed by atoms with Gasteiger partial charge in [0.2, 0.25) is 5.95 Å². The number of Topliss-reactive ketones (excluding diaryl/α,β-unsaturated/α-hetero) is 1. The van der Waals surface area contributed by atoms with Crippen molar-refractivity contribution in [2.75, 3.05) is 0 Å². The van der Waals surface area contributed by atoms with Crippen molar-refractivity contribution in [1.82, 2.24) is 9.97 Å². The minimum absolute atomic E-state index is 0.0845. The molecule has 2 aromatic rings. The zero-order valence-electron chi connectivity index (χ0n) is 8.43. The van der Waals surface area contributed by atoms with E-state index in [2.05, 4.69) is 9.97 Å². The van der Waals surface area contributed by atoms with Crippen LogP contribution in [-0.4, -0.2) is 15.8 Å². The van der Waals surface area contributed by atoms with Gasteiger partial charge in [-0.25, -0.2) is 4.98 Å². The highest BCUT2D eigenvalue weighted by Gasteiger charge is 2.07. The van der Waals surface area contributed by atoms with Crippen molar-refractivity contribution in [3.8, 4) is 0 Å². The predicted molar refractivity (Wildman–Crippen MR) is 56.5 cm³/mol. The van der Waals surface area contributed by atoms with E-state index in [0.717, 1.165) is 0 Å². The Kier molecular flexibility index (Phi) is 3.00. The average Bonchev–Trinajstić information content (AvgIpc) is 2.30. The molecule has 0 aliphatic heterocycles. The lowest BCUT2D eigenvalue weighted by Gasteiger charge is -2.00. The molecule has 0 saturated heterocycles. The molecule has 0 N–H and O–H groups in total. The molecule has 0 saturated carbocycles. The standard InChI is InChI=1S/C12H9FN2O/c13-12-7-9(3-5-15-12)6-11(16)10-2-1-4-14-8-10/h1-5,7-8H,6H2. The molecule has 4 heteroatoms. The number of halogens is 1. The zero-order valence-corrected chi connectivity index (χ0v) is 8.43. The third-order valence-corrected chi connectivity index (χ3v) is 2.14. The van der Waals surface area contributed by atoms with Gasteiger partial charge in [-0.1, -0.05) is 0 Å². The summed E-state index contributed by atoms with van der Waals surface area (Å²) in [7, 11) is 0. The lowest BCUT2D eigenvalue weighted by Crippen LogP contribution is -2.04. The Labute approximate surface area is 92.0 Å². The Bertz CT molecular complexity index is 499. The van der Waals surface area contributed by atoms with Crippen molar-refractivity contribution < 1.29 is 9.18 Å². The van der Waals surface area contributed by atoms with Crippen LogP contribution in [0.5, 0.6) is 0 Å². The number of nitrogens with zero attached hydrogens (tertiary/aromatic N) is 2. The van der Waals surface area contributed by atoms with E-state index < -0.39 is 5.95 Å². The first-order valence-electron chi connectivity index (χ1n) is 4.79. The van der Waals surface area contributed by atoms with E-state index in [-0.39, 0.29) is 12.2 Å². The Balaban J connectivity index is 2.14. The fraction of sp³-hybridized carbons (Fsp3) is 0.0833. The van der Waals surface area contributed by atoms with Crippen LogP contribution in [0.4, 0.5) is 4.39 Å². The van der Waals surface area contributed by atoms with Crippen LogP contribution in [0.1, 0.15) is 15.9 Å². The number of rotatable bonds is 3. The lowest BCUT2D eigenvalue weighted by atomic mass is 10.1. The van der Waals surface area contributed by atoms with Crippen LogP contribution < -0.4 is 0 Å². The normalized spacial score (nSPS) is 10.1. The average molecular weight is 216 g/mol. The van der Waals surface area contributed by atoms with E-state index in [9.17, 15) is 9.18 Å². The number of carbonyl (C=O) groups excluding carboxylic acids is 1. The molecule has 0 spiro atoms. The summed E-state index contributed by atoms with van der Waals surface area (Å²) in [5, 5.41) is 0. The van der Waals surface area contributed by atoms with Gasteiger partial charge in [0.05, 0.1) is 0 Å². The van der Waals surface area contributed by atoms with Crippen LogP contribution in [0.3, 0.4) is 0 Å². The molecule has 0 aromatic carbocycles. The summed E-state index contributed by atoms with van der Waals surface area (Å²) >= 11 is 0. The van der Waals surface area contributed by atoms with E-state index in [1.807, 2.05) is 0 Å². The number of hydrogen-bond donors (Lipinski definition) is 0. The Morgan fingerprint density at radius 3 is 2.88 bits per heavy atom. The second kappa shape index (κ2) is 4.61.